The maximum absolute atomic E-state index is 13.7. The van der Waals surface area contributed by atoms with Crippen molar-refractivity contribution in [2.75, 3.05) is 7.11 Å². The Labute approximate surface area is 212 Å². The summed E-state index contributed by atoms with van der Waals surface area (Å²) in [6.07, 6.45) is -0.0807. The smallest absolute Gasteiger partial charge is 0.271 e. The Bertz CT molecular complexity index is 1390. The summed E-state index contributed by atoms with van der Waals surface area (Å²) >= 11 is 1.38. The van der Waals surface area contributed by atoms with Gasteiger partial charge in [-0.05, 0) is 35.9 Å². The van der Waals surface area contributed by atoms with Gasteiger partial charge in [0, 0.05) is 23.4 Å². The van der Waals surface area contributed by atoms with E-state index in [0.29, 0.717) is 28.2 Å². The Kier molecular flexibility index (Phi) is 6.81. The molecule has 2 aliphatic heterocycles. The van der Waals surface area contributed by atoms with E-state index in [4.69, 9.17) is 9.73 Å². The number of methoxy groups -OCH3 is 1. The summed E-state index contributed by atoms with van der Waals surface area (Å²) in [5.41, 5.74) is 3.06. The maximum atomic E-state index is 13.7. The molecule has 0 spiro atoms. The van der Waals surface area contributed by atoms with Crippen molar-refractivity contribution in [3.8, 4) is 5.75 Å². The first-order chi connectivity index (χ1) is 17.5. The third-order valence-electron chi connectivity index (χ3n) is 5.91. The number of benzene rings is 3. The Morgan fingerprint density at radius 1 is 1.08 bits per heavy atom. The van der Waals surface area contributed by atoms with Crippen LogP contribution in [0.5, 0.6) is 5.75 Å². The van der Waals surface area contributed by atoms with Gasteiger partial charge in [0.15, 0.2) is 5.17 Å². The number of amides is 2. The van der Waals surface area contributed by atoms with Crippen LogP contribution in [-0.2, 0) is 21.9 Å². The highest BCUT2D eigenvalue weighted by Gasteiger charge is 2.42. The second-order valence-electron chi connectivity index (χ2n) is 8.28. The van der Waals surface area contributed by atoms with E-state index in [-0.39, 0.29) is 24.7 Å². The Morgan fingerprint density at radius 2 is 1.89 bits per heavy atom. The van der Waals surface area contributed by atoms with E-state index in [1.165, 1.54) is 23.9 Å². The molecule has 2 heterocycles. The molecule has 1 atom stereocenters. The average molecular weight is 503 g/mol. The number of aliphatic imine (C=N–C) groups is 2. The first-order valence-electron chi connectivity index (χ1n) is 11.4. The van der Waals surface area contributed by atoms with Gasteiger partial charge in [-0.2, -0.15) is 4.99 Å². The Morgan fingerprint density at radius 3 is 2.72 bits per heavy atom. The van der Waals surface area contributed by atoms with Crippen molar-refractivity contribution in [2.45, 2.75) is 24.8 Å². The molecule has 0 aromatic heterocycles. The zero-order valence-electron chi connectivity index (χ0n) is 19.5. The minimum atomic E-state index is -0.815. The van der Waals surface area contributed by atoms with Crippen LogP contribution in [0, 0.1) is 5.82 Å². The van der Waals surface area contributed by atoms with Crippen LogP contribution in [0.3, 0.4) is 0 Å². The molecule has 0 aliphatic carbocycles. The second kappa shape index (κ2) is 10.3. The summed E-state index contributed by atoms with van der Waals surface area (Å²) in [4.78, 5) is 36.7. The first-order valence-corrected chi connectivity index (χ1v) is 12.4. The Balaban J connectivity index is 1.35. The van der Waals surface area contributed by atoms with E-state index in [2.05, 4.69) is 10.3 Å². The van der Waals surface area contributed by atoms with Crippen LogP contribution in [0.4, 0.5) is 10.1 Å². The molecule has 182 valence electrons. The monoisotopic (exact) mass is 502 g/mol. The maximum Gasteiger partial charge on any atom is 0.271 e. The molecule has 0 radical (unpaired) electrons. The van der Waals surface area contributed by atoms with Crippen LogP contribution in [0.1, 0.15) is 23.1 Å². The molecule has 9 heteroatoms. The predicted octanol–water partition coefficient (Wildman–Crippen LogP) is 4.43. The number of fused-ring (bicyclic) bond motifs is 3. The molecule has 0 saturated heterocycles. The lowest BCUT2D eigenvalue weighted by molar-refractivity contribution is -0.126. The highest BCUT2D eigenvalue weighted by Crippen LogP contribution is 2.35. The SMILES string of the molecule is COc1ccccc1CNC(=O)CC1C(=O)N=C2c3ccccc3N=C(SCc3cccc(F)c3)N21. The highest BCUT2D eigenvalue weighted by molar-refractivity contribution is 8.13. The molecule has 5 rings (SSSR count). The minimum absolute atomic E-state index is 0.0807. The van der Waals surface area contributed by atoms with Gasteiger partial charge < -0.3 is 10.1 Å². The van der Waals surface area contributed by atoms with Crippen molar-refractivity contribution in [2.24, 2.45) is 9.98 Å². The molecular weight excluding hydrogens is 479 g/mol. The number of hydrogen-bond donors (Lipinski definition) is 1. The third-order valence-corrected chi connectivity index (χ3v) is 6.94. The quantitative estimate of drug-likeness (QED) is 0.517. The number of nitrogens with one attached hydrogen (secondary N) is 1. The molecular formula is C27H23FN4O3S. The van der Waals surface area contributed by atoms with Gasteiger partial charge in [-0.15, -0.1) is 0 Å². The fourth-order valence-corrected chi connectivity index (χ4v) is 5.16. The fourth-order valence-electron chi connectivity index (χ4n) is 4.17. The van der Waals surface area contributed by atoms with Crippen LogP contribution >= 0.6 is 11.8 Å². The van der Waals surface area contributed by atoms with Crippen molar-refractivity contribution in [3.05, 3.63) is 95.3 Å². The van der Waals surface area contributed by atoms with E-state index in [9.17, 15) is 14.0 Å². The fraction of sp³-hybridized carbons (Fsp3) is 0.185. The number of para-hydroxylation sites is 2. The van der Waals surface area contributed by atoms with Crippen molar-refractivity contribution in [1.82, 2.24) is 10.2 Å². The summed E-state index contributed by atoms with van der Waals surface area (Å²) in [6, 6.07) is 20.4. The van der Waals surface area contributed by atoms with Crippen molar-refractivity contribution >= 4 is 40.3 Å². The van der Waals surface area contributed by atoms with Crippen LogP contribution in [0.2, 0.25) is 0 Å². The van der Waals surface area contributed by atoms with E-state index in [1.807, 2.05) is 54.6 Å². The van der Waals surface area contributed by atoms with E-state index in [0.717, 1.165) is 16.7 Å². The van der Waals surface area contributed by atoms with Gasteiger partial charge in [0.25, 0.3) is 5.91 Å². The topological polar surface area (TPSA) is 83.4 Å². The largest absolute Gasteiger partial charge is 0.496 e. The van der Waals surface area contributed by atoms with E-state index < -0.39 is 11.9 Å². The minimum Gasteiger partial charge on any atom is -0.496 e. The molecule has 0 bridgehead atoms. The standard InChI is InChI=1S/C27H23FN4O3S/c1-35-23-12-5-2-8-18(23)15-29-24(33)14-22-26(34)31-25-20-10-3-4-11-21(20)30-27(32(22)25)36-16-17-7-6-9-19(28)13-17/h2-13,22H,14-16H2,1H3,(H,29,33). The van der Waals surface area contributed by atoms with E-state index in [1.54, 1.807) is 18.1 Å². The molecule has 0 saturated carbocycles. The number of thioether (sulfide) groups is 1. The van der Waals surface area contributed by atoms with Gasteiger partial charge in [-0.3, -0.25) is 14.5 Å². The van der Waals surface area contributed by atoms with Gasteiger partial charge in [0.2, 0.25) is 5.91 Å². The second-order valence-corrected chi connectivity index (χ2v) is 9.22. The Hall–Kier alpha value is -3.98. The molecule has 1 N–H and O–H groups in total. The van der Waals surface area contributed by atoms with Crippen molar-refractivity contribution in [3.63, 3.8) is 0 Å². The molecule has 3 aromatic carbocycles. The van der Waals surface area contributed by atoms with E-state index >= 15 is 0 Å². The molecule has 2 amide bonds. The lowest BCUT2D eigenvalue weighted by Crippen LogP contribution is -2.45. The zero-order valence-corrected chi connectivity index (χ0v) is 20.3. The van der Waals surface area contributed by atoms with Crippen LogP contribution in [0.15, 0.2) is 82.8 Å². The molecule has 1 unspecified atom stereocenters. The average Bonchev–Trinajstić information content (AvgIpc) is 3.22. The van der Waals surface area contributed by atoms with Gasteiger partial charge in [0.1, 0.15) is 23.4 Å². The number of amidine groups is 2. The summed E-state index contributed by atoms with van der Waals surface area (Å²) < 4.78 is 19.0. The molecule has 2 aliphatic rings. The van der Waals surface area contributed by atoms with Gasteiger partial charge >= 0.3 is 0 Å². The molecule has 7 nitrogen and oxygen atoms in total. The predicted molar refractivity (Wildman–Crippen MR) is 138 cm³/mol. The summed E-state index contributed by atoms with van der Waals surface area (Å²) in [7, 11) is 1.58. The van der Waals surface area contributed by atoms with Crippen LogP contribution in [-0.4, -0.2) is 40.9 Å². The summed E-state index contributed by atoms with van der Waals surface area (Å²) in [6.45, 7) is 0.273. The summed E-state index contributed by atoms with van der Waals surface area (Å²) in [5, 5.41) is 3.42. The van der Waals surface area contributed by atoms with Crippen LogP contribution < -0.4 is 10.1 Å². The normalized spacial score (nSPS) is 16.1. The van der Waals surface area contributed by atoms with Gasteiger partial charge in [-0.1, -0.05) is 54.2 Å². The molecule has 36 heavy (non-hydrogen) atoms. The number of hydrogen-bond acceptors (Lipinski definition) is 6. The first kappa shape index (κ1) is 23.7. The lowest BCUT2D eigenvalue weighted by atomic mass is 10.1. The number of carbonyl (C=O) groups excluding carboxylic acids is 2. The third kappa shape index (κ3) is 4.87. The lowest BCUT2D eigenvalue weighted by Gasteiger charge is -2.30. The summed E-state index contributed by atoms with van der Waals surface area (Å²) in [5.74, 6) is 0.610. The zero-order chi connectivity index (χ0) is 25.1. The van der Waals surface area contributed by atoms with Crippen molar-refractivity contribution in [1.29, 1.82) is 0 Å². The molecule has 0 fully saturated rings. The number of halogens is 1. The van der Waals surface area contributed by atoms with Crippen LogP contribution in [0.25, 0.3) is 0 Å². The highest BCUT2D eigenvalue weighted by atomic mass is 32.2. The van der Waals surface area contributed by atoms with Gasteiger partial charge in [-0.25, -0.2) is 9.38 Å². The number of ether oxygens (including phenoxy) is 1. The molecule has 3 aromatic rings. The van der Waals surface area contributed by atoms with Crippen molar-refractivity contribution < 1.29 is 18.7 Å². The number of rotatable bonds is 7. The number of carbonyl (C=O) groups is 2. The number of nitrogens with zero attached hydrogens (tertiary/aromatic N) is 3. The van der Waals surface area contributed by atoms with Gasteiger partial charge in [0.05, 0.1) is 19.2 Å².